The first kappa shape index (κ1) is 17.2. The van der Waals surface area contributed by atoms with Crippen molar-refractivity contribution in [3.63, 3.8) is 0 Å². The van der Waals surface area contributed by atoms with Crippen LogP contribution < -0.4 is 5.32 Å². The summed E-state index contributed by atoms with van der Waals surface area (Å²) >= 11 is 8.53. The molecule has 0 radical (unpaired) electrons. The molecule has 1 unspecified atom stereocenters. The lowest BCUT2D eigenvalue weighted by molar-refractivity contribution is 0.204. The standard InChI is InChI=1S/C16H13ClFN3OS2/c17-11-7-5-10(6-8-11)14(22)9-23-16-21-20-15(24-16)19-13-4-2-1-3-12(13)18/h1-8,14,22H,9H2,(H,19,20). The van der Waals surface area contributed by atoms with Gasteiger partial charge in [-0.2, -0.15) is 0 Å². The van der Waals surface area contributed by atoms with Gasteiger partial charge < -0.3 is 10.4 Å². The molecule has 3 rings (SSSR count). The molecule has 4 nitrogen and oxygen atoms in total. The number of rotatable bonds is 6. The van der Waals surface area contributed by atoms with Gasteiger partial charge >= 0.3 is 0 Å². The van der Waals surface area contributed by atoms with E-state index >= 15 is 0 Å². The Balaban J connectivity index is 1.58. The first-order valence-corrected chi connectivity index (χ1v) is 9.21. The summed E-state index contributed by atoms with van der Waals surface area (Å²) < 4.78 is 14.3. The van der Waals surface area contributed by atoms with Crippen molar-refractivity contribution in [1.29, 1.82) is 0 Å². The molecule has 1 atom stereocenters. The predicted molar refractivity (Wildman–Crippen MR) is 96.7 cm³/mol. The molecule has 3 aromatic rings. The van der Waals surface area contributed by atoms with Crippen molar-refractivity contribution >= 4 is 45.5 Å². The van der Waals surface area contributed by atoms with E-state index in [1.807, 2.05) is 0 Å². The quantitative estimate of drug-likeness (QED) is 0.595. The van der Waals surface area contributed by atoms with Crippen LogP contribution in [-0.2, 0) is 0 Å². The van der Waals surface area contributed by atoms with Crippen LogP contribution in [0.1, 0.15) is 11.7 Å². The normalized spacial score (nSPS) is 12.1. The van der Waals surface area contributed by atoms with Crippen LogP contribution in [0.15, 0.2) is 52.9 Å². The highest BCUT2D eigenvalue weighted by Crippen LogP contribution is 2.31. The number of aliphatic hydroxyl groups excluding tert-OH is 1. The Bertz CT molecular complexity index is 813. The summed E-state index contributed by atoms with van der Waals surface area (Å²) in [6.45, 7) is 0. The number of nitrogens with one attached hydrogen (secondary N) is 1. The second kappa shape index (κ2) is 7.94. The van der Waals surface area contributed by atoms with E-state index in [0.717, 1.165) is 5.56 Å². The Hall–Kier alpha value is -1.67. The van der Waals surface area contributed by atoms with Crippen LogP contribution in [0.3, 0.4) is 0 Å². The van der Waals surface area contributed by atoms with Crippen molar-refractivity contribution in [3.05, 3.63) is 64.9 Å². The Kier molecular flexibility index (Phi) is 5.68. The number of hydrogen-bond donors (Lipinski definition) is 2. The summed E-state index contributed by atoms with van der Waals surface area (Å²) in [5.74, 6) is 0.0933. The largest absolute Gasteiger partial charge is 0.388 e. The van der Waals surface area contributed by atoms with Crippen LogP contribution in [0.25, 0.3) is 0 Å². The molecule has 2 N–H and O–H groups in total. The number of halogens is 2. The fraction of sp³-hybridized carbons (Fsp3) is 0.125. The molecule has 0 aliphatic rings. The highest BCUT2D eigenvalue weighted by molar-refractivity contribution is 8.01. The first-order valence-electron chi connectivity index (χ1n) is 7.03. The molecule has 0 spiro atoms. The second-order valence-electron chi connectivity index (χ2n) is 4.86. The van der Waals surface area contributed by atoms with Crippen molar-refractivity contribution in [3.8, 4) is 0 Å². The minimum atomic E-state index is -0.626. The van der Waals surface area contributed by atoms with E-state index < -0.39 is 6.10 Å². The van der Waals surface area contributed by atoms with Crippen molar-refractivity contribution in [2.75, 3.05) is 11.1 Å². The average Bonchev–Trinajstić information content (AvgIpc) is 3.03. The highest BCUT2D eigenvalue weighted by atomic mass is 35.5. The van der Waals surface area contributed by atoms with E-state index in [1.165, 1.54) is 29.2 Å². The lowest BCUT2D eigenvalue weighted by Gasteiger charge is -2.09. The molecule has 0 amide bonds. The topological polar surface area (TPSA) is 58.0 Å². The third-order valence-corrected chi connectivity index (χ3v) is 5.44. The van der Waals surface area contributed by atoms with Gasteiger partial charge in [-0.1, -0.05) is 59.0 Å². The lowest BCUT2D eigenvalue weighted by atomic mass is 10.1. The number of hydrogen-bond acceptors (Lipinski definition) is 6. The molecule has 0 fully saturated rings. The summed E-state index contributed by atoms with van der Waals surface area (Å²) in [4.78, 5) is 0. The molecule has 1 heterocycles. The average molecular weight is 382 g/mol. The Morgan fingerprint density at radius 2 is 1.92 bits per heavy atom. The van der Waals surface area contributed by atoms with Gasteiger partial charge in [-0.3, -0.25) is 0 Å². The molecule has 1 aromatic heterocycles. The van der Waals surface area contributed by atoms with Gasteiger partial charge in [0.25, 0.3) is 0 Å². The van der Waals surface area contributed by atoms with Gasteiger partial charge in [0.15, 0.2) is 4.34 Å². The molecule has 124 valence electrons. The van der Waals surface area contributed by atoms with Crippen LogP contribution in [-0.4, -0.2) is 21.1 Å². The second-order valence-corrected chi connectivity index (χ2v) is 7.54. The van der Waals surface area contributed by atoms with E-state index in [-0.39, 0.29) is 5.82 Å². The van der Waals surface area contributed by atoms with E-state index in [2.05, 4.69) is 15.5 Å². The van der Waals surface area contributed by atoms with Gasteiger partial charge in [-0.15, -0.1) is 10.2 Å². The third-order valence-electron chi connectivity index (χ3n) is 3.14. The zero-order chi connectivity index (χ0) is 16.9. The molecule has 24 heavy (non-hydrogen) atoms. The summed E-state index contributed by atoms with van der Waals surface area (Å²) in [5.41, 5.74) is 1.15. The molecular formula is C16H13ClFN3OS2. The van der Waals surface area contributed by atoms with E-state index in [0.29, 0.717) is 25.9 Å². The minimum absolute atomic E-state index is 0.347. The van der Waals surface area contributed by atoms with Crippen molar-refractivity contribution in [1.82, 2.24) is 10.2 Å². The number of benzene rings is 2. The van der Waals surface area contributed by atoms with Gasteiger partial charge in [-0.05, 0) is 29.8 Å². The molecular weight excluding hydrogens is 369 g/mol. The van der Waals surface area contributed by atoms with Crippen LogP contribution in [0.5, 0.6) is 0 Å². The van der Waals surface area contributed by atoms with E-state index in [9.17, 15) is 9.50 Å². The van der Waals surface area contributed by atoms with Crippen molar-refractivity contribution in [2.45, 2.75) is 10.4 Å². The third kappa shape index (κ3) is 4.45. The summed E-state index contributed by atoms with van der Waals surface area (Å²) in [6, 6.07) is 13.4. The first-order chi connectivity index (χ1) is 11.6. The molecule has 0 aliphatic heterocycles. The van der Waals surface area contributed by atoms with Gasteiger partial charge in [-0.25, -0.2) is 4.39 Å². The monoisotopic (exact) mass is 381 g/mol. The smallest absolute Gasteiger partial charge is 0.210 e. The fourth-order valence-corrected chi connectivity index (χ4v) is 3.81. The Labute approximate surface area is 151 Å². The SMILES string of the molecule is OC(CSc1nnc(Nc2ccccc2F)s1)c1ccc(Cl)cc1. The van der Waals surface area contributed by atoms with E-state index in [1.54, 1.807) is 42.5 Å². The number of aromatic nitrogens is 2. The zero-order valence-electron chi connectivity index (χ0n) is 12.3. The highest BCUT2D eigenvalue weighted by Gasteiger charge is 2.12. The maximum atomic E-state index is 13.6. The number of thioether (sulfide) groups is 1. The van der Waals surface area contributed by atoms with Crippen LogP contribution >= 0.6 is 34.7 Å². The van der Waals surface area contributed by atoms with Gasteiger partial charge in [0.2, 0.25) is 5.13 Å². The number of anilines is 2. The summed E-state index contributed by atoms with van der Waals surface area (Å²) in [5, 5.41) is 22.2. The summed E-state index contributed by atoms with van der Waals surface area (Å²) in [7, 11) is 0. The van der Waals surface area contributed by atoms with Gasteiger partial charge in [0, 0.05) is 10.8 Å². The summed E-state index contributed by atoms with van der Waals surface area (Å²) in [6.07, 6.45) is -0.626. The van der Waals surface area contributed by atoms with Crippen LogP contribution in [0, 0.1) is 5.82 Å². The maximum absolute atomic E-state index is 13.6. The Morgan fingerprint density at radius 1 is 1.17 bits per heavy atom. The molecule has 0 saturated heterocycles. The Morgan fingerprint density at radius 3 is 2.67 bits per heavy atom. The van der Waals surface area contributed by atoms with E-state index in [4.69, 9.17) is 11.6 Å². The van der Waals surface area contributed by atoms with Crippen molar-refractivity contribution < 1.29 is 9.50 Å². The molecule has 0 saturated carbocycles. The van der Waals surface area contributed by atoms with Crippen LogP contribution in [0.4, 0.5) is 15.2 Å². The molecule has 2 aromatic carbocycles. The van der Waals surface area contributed by atoms with Crippen molar-refractivity contribution in [2.24, 2.45) is 0 Å². The zero-order valence-corrected chi connectivity index (χ0v) is 14.7. The number of nitrogens with zero attached hydrogens (tertiary/aromatic N) is 2. The molecule has 0 bridgehead atoms. The van der Waals surface area contributed by atoms with Gasteiger partial charge in [0.05, 0.1) is 11.8 Å². The van der Waals surface area contributed by atoms with Crippen LogP contribution in [0.2, 0.25) is 5.02 Å². The predicted octanol–water partition coefficient (Wildman–Crippen LogP) is 4.90. The molecule has 8 heteroatoms. The lowest BCUT2D eigenvalue weighted by Crippen LogP contribution is -1.99. The molecule has 0 aliphatic carbocycles. The fourth-order valence-electron chi connectivity index (χ4n) is 1.93. The number of para-hydroxylation sites is 1. The maximum Gasteiger partial charge on any atom is 0.210 e. The minimum Gasteiger partial charge on any atom is -0.388 e. The van der Waals surface area contributed by atoms with Gasteiger partial charge in [0.1, 0.15) is 5.82 Å². The number of aliphatic hydroxyl groups is 1.